The molecule has 1 saturated carbocycles. The standard InChI is InChI=1S/C22H27NO/c24-22(19-11-5-2-6-12-19)15-16-23(17-18-9-3-1-4-10-18)21-14-8-7-13-20(21)22/h1-6,9-12,20-21,24H,7-8,13-17H2/t20-,21+,22?/m0/s1. The van der Waals surface area contributed by atoms with Crippen LogP contribution in [0.4, 0.5) is 0 Å². The van der Waals surface area contributed by atoms with Crippen LogP contribution in [0.1, 0.15) is 43.2 Å². The molecule has 0 bridgehead atoms. The van der Waals surface area contributed by atoms with Gasteiger partial charge in [0.1, 0.15) is 0 Å². The molecule has 0 radical (unpaired) electrons. The Balaban J connectivity index is 1.60. The number of hydrogen-bond acceptors (Lipinski definition) is 2. The fourth-order valence-electron chi connectivity index (χ4n) is 4.87. The van der Waals surface area contributed by atoms with Crippen molar-refractivity contribution >= 4 is 0 Å². The third-order valence-electron chi connectivity index (χ3n) is 6.09. The predicted molar refractivity (Wildman–Crippen MR) is 97.6 cm³/mol. The van der Waals surface area contributed by atoms with Crippen LogP contribution in [-0.4, -0.2) is 22.6 Å². The first-order valence-corrected chi connectivity index (χ1v) is 9.33. The van der Waals surface area contributed by atoms with Crippen LogP contribution in [0.2, 0.25) is 0 Å². The summed E-state index contributed by atoms with van der Waals surface area (Å²) in [6, 6.07) is 21.6. The number of aliphatic hydroxyl groups is 1. The zero-order chi connectivity index (χ0) is 16.4. The van der Waals surface area contributed by atoms with Gasteiger partial charge in [0.15, 0.2) is 0 Å². The normalized spacial score (nSPS) is 30.7. The summed E-state index contributed by atoms with van der Waals surface area (Å²) in [4.78, 5) is 2.62. The quantitative estimate of drug-likeness (QED) is 0.909. The van der Waals surface area contributed by atoms with E-state index in [0.29, 0.717) is 12.0 Å². The Bertz CT molecular complexity index is 656. The SMILES string of the molecule is OC1(c2ccccc2)CCN(Cc2ccccc2)[C@@H]2CCCC[C@@H]21. The van der Waals surface area contributed by atoms with Crippen LogP contribution in [0.5, 0.6) is 0 Å². The average Bonchev–Trinajstić information content (AvgIpc) is 2.66. The maximum absolute atomic E-state index is 11.6. The lowest BCUT2D eigenvalue weighted by Gasteiger charge is -2.52. The van der Waals surface area contributed by atoms with E-state index in [1.54, 1.807) is 0 Å². The molecule has 0 spiro atoms. The molecule has 1 saturated heterocycles. The molecule has 2 aromatic carbocycles. The molecule has 2 aliphatic rings. The van der Waals surface area contributed by atoms with Gasteiger partial charge in [0.2, 0.25) is 0 Å². The molecule has 2 heteroatoms. The number of likely N-dealkylation sites (tertiary alicyclic amines) is 1. The third-order valence-corrected chi connectivity index (χ3v) is 6.09. The molecule has 0 amide bonds. The summed E-state index contributed by atoms with van der Waals surface area (Å²) in [5, 5.41) is 11.6. The van der Waals surface area contributed by atoms with E-state index in [9.17, 15) is 5.11 Å². The third kappa shape index (κ3) is 2.89. The summed E-state index contributed by atoms with van der Waals surface area (Å²) in [6.07, 6.45) is 5.73. The lowest BCUT2D eigenvalue weighted by molar-refractivity contribution is -0.123. The zero-order valence-electron chi connectivity index (χ0n) is 14.3. The number of nitrogens with zero attached hydrogens (tertiary/aromatic N) is 1. The van der Waals surface area contributed by atoms with Gasteiger partial charge in [0.05, 0.1) is 5.60 Å². The highest BCUT2D eigenvalue weighted by molar-refractivity contribution is 5.26. The van der Waals surface area contributed by atoms with Crippen molar-refractivity contribution in [3.05, 3.63) is 71.8 Å². The fourth-order valence-corrected chi connectivity index (χ4v) is 4.87. The van der Waals surface area contributed by atoms with E-state index < -0.39 is 5.60 Å². The van der Waals surface area contributed by atoms with Gasteiger partial charge in [-0.3, -0.25) is 4.90 Å². The lowest BCUT2D eigenvalue weighted by Crippen LogP contribution is -2.57. The molecule has 4 rings (SSSR count). The van der Waals surface area contributed by atoms with Gasteiger partial charge < -0.3 is 5.11 Å². The van der Waals surface area contributed by atoms with Crippen LogP contribution in [0.25, 0.3) is 0 Å². The maximum Gasteiger partial charge on any atom is 0.0951 e. The molecule has 0 aromatic heterocycles. The van der Waals surface area contributed by atoms with Gasteiger partial charge in [-0.1, -0.05) is 73.5 Å². The minimum absolute atomic E-state index is 0.353. The first-order chi connectivity index (χ1) is 11.8. The van der Waals surface area contributed by atoms with Crippen molar-refractivity contribution in [2.75, 3.05) is 6.54 Å². The number of piperidine rings is 1. The molecular formula is C22H27NO. The summed E-state index contributed by atoms with van der Waals surface area (Å²) in [7, 11) is 0. The van der Waals surface area contributed by atoms with Crippen LogP contribution in [0, 0.1) is 5.92 Å². The van der Waals surface area contributed by atoms with Crippen molar-refractivity contribution in [3.63, 3.8) is 0 Å². The highest BCUT2D eigenvalue weighted by atomic mass is 16.3. The summed E-state index contributed by atoms with van der Waals surface area (Å²) < 4.78 is 0. The highest BCUT2D eigenvalue weighted by Gasteiger charge is 2.48. The predicted octanol–water partition coefficient (Wildman–Crippen LogP) is 4.34. The Morgan fingerprint density at radius 2 is 1.58 bits per heavy atom. The monoisotopic (exact) mass is 321 g/mol. The second-order valence-corrected chi connectivity index (χ2v) is 7.45. The van der Waals surface area contributed by atoms with Gasteiger partial charge in [-0.2, -0.15) is 0 Å². The van der Waals surface area contributed by atoms with Crippen LogP contribution < -0.4 is 0 Å². The van der Waals surface area contributed by atoms with Crippen molar-refractivity contribution in [1.29, 1.82) is 0 Å². The van der Waals surface area contributed by atoms with Crippen LogP contribution in [0.15, 0.2) is 60.7 Å². The molecule has 2 aromatic rings. The Hall–Kier alpha value is -1.64. The molecule has 2 fully saturated rings. The van der Waals surface area contributed by atoms with E-state index in [1.165, 1.54) is 24.8 Å². The van der Waals surface area contributed by atoms with E-state index in [4.69, 9.17) is 0 Å². The van der Waals surface area contributed by atoms with Crippen molar-refractivity contribution < 1.29 is 5.11 Å². The second-order valence-electron chi connectivity index (χ2n) is 7.45. The summed E-state index contributed by atoms with van der Waals surface area (Å²) in [6.45, 7) is 1.98. The summed E-state index contributed by atoms with van der Waals surface area (Å²) in [5.41, 5.74) is 1.84. The molecule has 1 aliphatic carbocycles. The molecule has 3 atom stereocenters. The average molecular weight is 321 g/mol. The molecule has 1 aliphatic heterocycles. The van der Waals surface area contributed by atoms with Crippen LogP contribution in [0.3, 0.4) is 0 Å². The van der Waals surface area contributed by atoms with Crippen molar-refractivity contribution in [3.8, 4) is 0 Å². The molecule has 126 valence electrons. The largest absolute Gasteiger partial charge is 0.385 e. The summed E-state index contributed by atoms with van der Waals surface area (Å²) >= 11 is 0. The van der Waals surface area contributed by atoms with Gasteiger partial charge in [-0.05, 0) is 30.4 Å². The Morgan fingerprint density at radius 1 is 0.917 bits per heavy atom. The zero-order valence-corrected chi connectivity index (χ0v) is 14.3. The molecule has 2 nitrogen and oxygen atoms in total. The van der Waals surface area contributed by atoms with Crippen LogP contribution >= 0.6 is 0 Å². The molecule has 1 heterocycles. The highest BCUT2D eigenvalue weighted by Crippen LogP contribution is 2.47. The first-order valence-electron chi connectivity index (χ1n) is 9.33. The van der Waals surface area contributed by atoms with Crippen molar-refractivity contribution in [2.45, 2.75) is 50.3 Å². The minimum atomic E-state index is -0.653. The number of rotatable bonds is 3. The Labute approximate surface area is 145 Å². The summed E-state index contributed by atoms with van der Waals surface area (Å²) in [5.74, 6) is 0.353. The van der Waals surface area contributed by atoms with Crippen molar-refractivity contribution in [1.82, 2.24) is 4.90 Å². The van der Waals surface area contributed by atoms with Gasteiger partial charge in [0, 0.05) is 25.0 Å². The lowest BCUT2D eigenvalue weighted by atomic mass is 9.66. The molecule has 1 N–H and O–H groups in total. The van der Waals surface area contributed by atoms with E-state index in [0.717, 1.165) is 31.5 Å². The topological polar surface area (TPSA) is 23.5 Å². The van der Waals surface area contributed by atoms with Gasteiger partial charge in [-0.25, -0.2) is 0 Å². The molecule has 1 unspecified atom stereocenters. The van der Waals surface area contributed by atoms with Gasteiger partial charge in [0.25, 0.3) is 0 Å². The van der Waals surface area contributed by atoms with E-state index in [1.807, 2.05) is 6.07 Å². The number of fused-ring (bicyclic) bond motifs is 1. The Kier molecular flexibility index (Phi) is 4.43. The minimum Gasteiger partial charge on any atom is -0.385 e. The van der Waals surface area contributed by atoms with Crippen molar-refractivity contribution in [2.24, 2.45) is 5.92 Å². The fraction of sp³-hybridized carbons (Fsp3) is 0.455. The Morgan fingerprint density at radius 3 is 2.33 bits per heavy atom. The first kappa shape index (κ1) is 15.9. The van der Waals surface area contributed by atoms with Crippen LogP contribution in [-0.2, 0) is 12.1 Å². The van der Waals surface area contributed by atoms with Gasteiger partial charge >= 0.3 is 0 Å². The second kappa shape index (κ2) is 6.70. The number of hydrogen-bond donors (Lipinski definition) is 1. The maximum atomic E-state index is 11.6. The van der Waals surface area contributed by atoms with E-state index in [2.05, 4.69) is 59.5 Å². The van der Waals surface area contributed by atoms with E-state index in [-0.39, 0.29) is 0 Å². The van der Waals surface area contributed by atoms with E-state index >= 15 is 0 Å². The smallest absolute Gasteiger partial charge is 0.0951 e. The van der Waals surface area contributed by atoms with Gasteiger partial charge in [-0.15, -0.1) is 0 Å². The molecule has 24 heavy (non-hydrogen) atoms. The molecular weight excluding hydrogens is 294 g/mol. The number of benzene rings is 2.